The van der Waals surface area contributed by atoms with Gasteiger partial charge in [-0.05, 0) is 40.3 Å². The van der Waals surface area contributed by atoms with E-state index < -0.39 is 0 Å². The number of carbonyl (C=O) groups excluding carboxylic acids is 1. The predicted molar refractivity (Wildman–Crippen MR) is 80.9 cm³/mol. The summed E-state index contributed by atoms with van der Waals surface area (Å²) in [4.78, 5) is 13.8. The van der Waals surface area contributed by atoms with Crippen molar-refractivity contribution in [3.63, 3.8) is 0 Å². The van der Waals surface area contributed by atoms with Gasteiger partial charge in [0.1, 0.15) is 0 Å². The summed E-state index contributed by atoms with van der Waals surface area (Å²) in [5.41, 5.74) is 0. The van der Waals surface area contributed by atoms with E-state index in [1.807, 2.05) is 0 Å². The standard InChI is InChI=1S/C12H25N3O.2ClH/c1-10(2)15(3)8-7-14-12(16)9-11-5-4-6-13-11;;/h10-11,13H,4-9H2,1-3H3,(H,14,16);2*1H. The quantitative estimate of drug-likeness (QED) is 0.780. The molecule has 1 rings (SSSR count). The van der Waals surface area contributed by atoms with Gasteiger partial charge in [0.2, 0.25) is 5.91 Å². The molecule has 2 N–H and O–H groups in total. The van der Waals surface area contributed by atoms with Gasteiger partial charge >= 0.3 is 0 Å². The van der Waals surface area contributed by atoms with Gasteiger partial charge < -0.3 is 15.5 Å². The van der Waals surface area contributed by atoms with Crippen molar-refractivity contribution in [1.29, 1.82) is 0 Å². The fourth-order valence-corrected chi connectivity index (χ4v) is 1.86. The maximum atomic E-state index is 11.6. The van der Waals surface area contributed by atoms with Crippen molar-refractivity contribution in [1.82, 2.24) is 15.5 Å². The minimum Gasteiger partial charge on any atom is -0.355 e. The Morgan fingerprint density at radius 3 is 2.61 bits per heavy atom. The zero-order chi connectivity index (χ0) is 12.0. The van der Waals surface area contributed by atoms with E-state index in [-0.39, 0.29) is 30.7 Å². The van der Waals surface area contributed by atoms with E-state index in [4.69, 9.17) is 0 Å². The minimum absolute atomic E-state index is 0. The summed E-state index contributed by atoms with van der Waals surface area (Å²) in [5, 5.41) is 6.31. The molecule has 1 saturated heterocycles. The summed E-state index contributed by atoms with van der Waals surface area (Å²) in [5.74, 6) is 0.177. The zero-order valence-corrected chi connectivity index (χ0v) is 13.2. The number of rotatable bonds is 6. The van der Waals surface area contributed by atoms with Crippen LogP contribution in [0.1, 0.15) is 33.1 Å². The molecule has 18 heavy (non-hydrogen) atoms. The molecule has 6 heteroatoms. The number of carbonyl (C=O) groups is 1. The molecule has 1 aliphatic heterocycles. The second kappa shape index (κ2) is 10.9. The normalized spacial score (nSPS) is 18.4. The van der Waals surface area contributed by atoms with Crippen molar-refractivity contribution in [3.05, 3.63) is 0 Å². The number of amides is 1. The van der Waals surface area contributed by atoms with Crippen LogP contribution in [0.2, 0.25) is 0 Å². The van der Waals surface area contributed by atoms with E-state index in [0.29, 0.717) is 18.5 Å². The Hall–Kier alpha value is -0.0300. The van der Waals surface area contributed by atoms with Gasteiger partial charge in [0.15, 0.2) is 0 Å². The molecule has 4 nitrogen and oxygen atoms in total. The molecule has 1 atom stereocenters. The lowest BCUT2D eigenvalue weighted by Gasteiger charge is -2.21. The summed E-state index contributed by atoms with van der Waals surface area (Å²) in [6, 6.07) is 0.941. The third kappa shape index (κ3) is 8.14. The van der Waals surface area contributed by atoms with Gasteiger partial charge in [-0.2, -0.15) is 0 Å². The van der Waals surface area contributed by atoms with Gasteiger partial charge in [-0.3, -0.25) is 4.79 Å². The van der Waals surface area contributed by atoms with Crippen molar-refractivity contribution < 1.29 is 4.79 Å². The van der Waals surface area contributed by atoms with Gasteiger partial charge in [0.25, 0.3) is 0 Å². The molecule has 0 aromatic carbocycles. The van der Waals surface area contributed by atoms with Crippen LogP contribution < -0.4 is 10.6 Å². The summed E-state index contributed by atoms with van der Waals surface area (Å²) >= 11 is 0. The fraction of sp³-hybridized carbons (Fsp3) is 0.917. The van der Waals surface area contributed by atoms with Crippen LogP contribution in [0.3, 0.4) is 0 Å². The SMILES string of the molecule is CC(C)N(C)CCNC(=O)CC1CCCN1.Cl.Cl. The van der Waals surface area contributed by atoms with Crippen LogP contribution in [0.15, 0.2) is 0 Å². The van der Waals surface area contributed by atoms with Crippen LogP contribution in [0.5, 0.6) is 0 Å². The Bertz CT molecular complexity index is 221. The highest BCUT2D eigenvalue weighted by Gasteiger charge is 2.17. The van der Waals surface area contributed by atoms with Gasteiger partial charge in [0, 0.05) is 31.6 Å². The van der Waals surface area contributed by atoms with Crippen LogP contribution in [0.25, 0.3) is 0 Å². The number of hydrogen-bond donors (Lipinski definition) is 2. The monoisotopic (exact) mass is 299 g/mol. The number of likely N-dealkylation sites (N-methyl/N-ethyl adjacent to an activating group) is 1. The highest BCUT2D eigenvalue weighted by atomic mass is 35.5. The molecule has 0 bridgehead atoms. The van der Waals surface area contributed by atoms with E-state index in [1.54, 1.807) is 0 Å². The van der Waals surface area contributed by atoms with Crippen molar-refractivity contribution in [2.24, 2.45) is 0 Å². The maximum Gasteiger partial charge on any atom is 0.221 e. The van der Waals surface area contributed by atoms with E-state index in [0.717, 1.165) is 26.1 Å². The largest absolute Gasteiger partial charge is 0.355 e. The number of nitrogens with zero attached hydrogens (tertiary/aromatic N) is 1. The Labute approximate surface area is 123 Å². The van der Waals surface area contributed by atoms with Crippen molar-refractivity contribution in [2.75, 3.05) is 26.7 Å². The second-order valence-corrected chi connectivity index (χ2v) is 4.92. The molecular formula is C12H27Cl2N3O. The molecule has 0 saturated carbocycles. The van der Waals surface area contributed by atoms with E-state index in [9.17, 15) is 4.79 Å². The molecule has 0 aliphatic carbocycles. The van der Waals surface area contributed by atoms with Crippen LogP contribution in [0, 0.1) is 0 Å². The second-order valence-electron chi connectivity index (χ2n) is 4.92. The van der Waals surface area contributed by atoms with Crippen molar-refractivity contribution in [2.45, 2.75) is 45.2 Å². The minimum atomic E-state index is 0. The molecule has 1 fully saturated rings. The lowest BCUT2D eigenvalue weighted by Crippen LogP contribution is -2.38. The predicted octanol–water partition coefficient (Wildman–Crippen LogP) is 1.43. The average Bonchev–Trinajstić information content (AvgIpc) is 2.70. The Morgan fingerprint density at radius 1 is 1.44 bits per heavy atom. The molecule has 1 aliphatic rings. The summed E-state index contributed by atoms with van der Waals surface area (Å²) in [7, 11) is 2.08. The molecule has 1 amide bonds. The Morgan fingerprint density at radius 2 is 2.11 bits per heavy atom. The molecule has 0 spiro atoms. The topological polar surface area (TPSA) is 44.4 Å². The van der Waals surface area contributed by atoms with E-state index in [1.165, 1.54) is 6.42 Å². The molecule has 0 aromatic heterocycles. The average molecular weight is 300 g/mol. The van der Waals surface area contributed by atoms with Crippen molar-refractivity contribution >= 4 is 30.7 Å². The van der Waals surface area contributed by atoms with Gasteiger partial charge in [-0.15, -0.1) is 24.8 Å². The van der Waals surface area contributed by atoms with Gasteiger partial charge in [0.05, 0.1) is 0 Å². The molecule has 0 radical (unpaired) electrons. The summed E-state index contributed by atoms with van der Waals surface area (Å²) < 4.78 is 0. The van der Waals surface area contributed by atoms with Crippen LogP contribution in [-0.2, 0) is 4.79 Å². The summed E-state index contributed by atoms with van der Waals surface area (Å²) in [6.07, 6.45) is 2.97. The Kier molecular flexibility index (Phi) is 12.2. The van der Waals surface area contributed by atoms with Crippen LogP contribution in [0.4, 0.5) is 0 Å². The molecule has 0 aromatic rings. The highest BCUT2D eigenvalue weighted by Crippen LogP contribution is 2.07. The fourth-order valence-electron chi connectivity index (χ4n) is 1.86. The van der Waals surface area contributed by atoms with Crippen LogP contribution in [-0.4, -0.2) is 49.6 Å². The third-order valence-electron chi connectivity index (χ3n) is 3.26. The number of halogens is 2. The third-order valence-corrected chi connectivity index (χ3v) is 3.26. The smallest absolute Gasteiger partial charge is 0.221 e. The molecular weight excluding hydrogens is 273 g/mol. The first-order valence-corrected chi connectivity index (χ1v) is 6.30. The first-order valence-electron chi connectivity index (χ1n) is 6.30. The number of nitrogens with one attached hydrogen (secondary N) is 2. The lowest BCUT2D eigenvalue weighted by molar-refractivity contribution is -0.121. The number of hydrogen-bond acceptors (Lipinski definition) is 3. The lowest BCUT2D eigenvalue weighted by atomic mass is 10.1. The van der Waals surface area contributed by atoms with E-state index >= 15 is 0 Å². The van der Waals surface area contributed by atoms with Crippen LogP contribution >= 0.6 is 24.8 Å². The highest BCUT2D eigenvalue weighted by molar-refractivity contribution is 5.85. The summed E-state index contributed by atoms with van der Waals surface area (Å²) in [6.45, 7) is 7.05. The molecule has 1 heterocycles. The first kappa shape index (κ1) is 20.3. The van der Waals surface area contributed by atoms with E-state index in [2.05, 4.69) is 36.4 Å². The Balaban J connectivity index is 0. The maximum absolute atomic E-state index is 11.6. The zero-order valence-electron chi connectivity index (χ0n) is 11.6. The molecule has 110 valence electrons. The van der Waals surface area contributed by atoms with Crippen molar-refractivity contribution in [3.8, 4) is 0 Å². The first-order chi connectivity index (χ1) is 7.59. The van der Waals surface area contributed by atoms with Gasteiger partial charge in [-0.1, -0.05) is 0 Å². The molecule has 1 unspecified atom stereocenters. The van der Waals surface area contributed by atoms with Gasteiger partial charge in [-0.25, -0.2) is 0 Å².